The molecule has 1 aromatic carbocycles. The summed E-state index contributed by atoms with van der Waals surface area (Å²) in [4.78, 5) is 8.63. The molecule has 0 N–H and O–H groups in total. The van der Waals surface area contributed by atoms with Gasteiger partial charge in [-0.15, -0.1) is 0 Å². The van der Waals surface area contributed by atoms with Gasteiger partial charge in [0, 0.05) is 5.56 Å². The van der Waals surface area contributed by atoms with E-state index < -0.39 is 0 Å². The van der Waals surface area contributed by atoms with Gasteiger partial charge in [0.1, 0.15) is 0 Å². The zero-order valence-corrected chi connectivity index (χ0v) is 13.4. The number of unbranched alkanes of at least 4 members (excludes halogenated alkanes) is 3. The van der Waals surface area contributed by atoms with E-state index in [1.165, 1.54) is 6.42 Å². The van der Waals surface area contributed by atoms with Crippen LogP contribution in [0.15, 0.2) is 48.8 Å². The van der Waals surface area contributed by atoms with Gasteiger partial charge in [-0.05, 0) is 56.9 Å². The maximum Gasteiger partial charge on any atom is 0.159 e. The number of hydrogen-bond acceptors (Lipinski definition) is 4. The third kappa shape index (κ3) is 5.55. The van der Waals surface area contributed by atoms with Crippen molar-refractivity contribution in [3.8, 4) is 23.2 Å². The molecule has 4 nitrogen and oxygen atoms in total. The third-order valence-electron chi connectivity index (χ3n) is 3.42. The zero-order valence-electron chi connectivity index (χ0n) is 13.4. The quantitative estimate of drug-likeness (QED) is 0.531. The molecule has 4 heteroatoms. The van der Waals surface area contributed by atoms with Crippen molar-refractivity contribution in [1.29, 1.82) is 5.26 Å². The molecule has 0 spiro atoms. The first-order valence-corrected chi connectivity index (χ1v) is 7.90. The standard InChI is InChI=1S/C19H21N3O/c1-2-3-4-5-6-7-12-23-18-14-21-19(22-15-18)17-10-8-16(13-20)9-11-17/h2-3,8-11,14-15H,4-7,12H2,1H3/b3-2+. The average molecular weight is 307 g/mol. The molecule has 0 atom stereocenters. The summed E-state index contributed by atoms with van der Waals surface area (Å²) in [6.45, 7) is 2.74. The van der Waals surface area contributed by atoms with Crippen molar-refractivity contribution < 1.29 is 4.74 Å². The lowest BCUT2D eigenvalue weighted by molar-refractivity contribution is 0.303. The maximum absolute atomic E-state index is 8.80. The molecule has 1 heterocycles. The number of hydrogen-bond donors (Lipinski definition) is 0. The van der Waals surface area contributed by atoms with Crippen LogP contribution >= 0.6 is 0 Å². The van der Waals surface area contributed by atoms with Gasteiger partial charge >= 0.3 is 0 Å². The van der Waals surface area contributed by atoms with Gasteiger partial charge in [0.25, 0.3) is 0 Å². The molecule has 118 valence electrons. The van der Waals surface area contributed by atoms with Gasteiger partial charge in [-0.1, -0.05) is 12.2 Å². The minimum absolute atomic E-state index is 0.628. The van der Waals surface area contributed by atoms with E-state index in [2.05, 4.69) is 28.2 Å². The normalized spacial score (nSPS) is 10.6. The first-order valence-electron chi connectivity index (χ1n) is 7.90. The molecule has 0 aliphatic heterocycles. The van der Waals surface area contributed by atoms with Crippen molar-refractivity contribution in [1.82, 2.24) is 9.97 Å². The second-order valence-electron chi connectivity index (χ2n) is 5.20. The Labute approximate surface area is 137 Å². The minimum atomic E-state index is 0.628. The van der Waals surface area contributed by atoms with Crippen molar-refractivity contribution in [3.05, 3.63) is 54.4 Å². The van der Waals surface area contributed by atoms with Crippen LogP contribution in [0, 0.1) is 11.3 Å². The smallest absolute Gasteiger partial charge is 0.159 e. The molecule has 0 radical (unpaired) electrons. The molecular weight excluding hydrogens is 286 g/mol. The Morgan fingerprint density at radius 1 is 1.09 bits per heavy atom. The Balaban J connectivity index is 1.79. The average Bonchev–Trinajstić information content (AvgIpc) is 2.61. The van der Waals surface area contributed by atoms with Crippen LogP contribution in [-0.2, 0) is 0 Å². The molecule has 0 saturated carbocycles. The SMILES string of the molecule is C/C=C/CCCCCOc1cnc(-c2ccc(C#N)cc2)nc1. The second kappa shape index (κ2) is 9.37. The highest BCUT2D eigenvalue weighted by molar-refractivity contribution is 5.56. The molecule has 0 bridgehead atoms. The molecule has 0 unspecified atom stereocenters. The van der Waals surface area contributed by atoms with Crippen LogP contribution in [0.2, 0.25) is 0 Å². The predicted molar refractivity (Wildman–Crippen MR) is 91.0 cm³/mol. The largest absolute Gasteiger partial charge is 0.490 e. The Morgan fingerprint density at radius 3 is 2.48 bits per heavy atom. The van der Waals surface area contributed by atoms with Crippen molar-refractivity contribution in [2.45, 2.75) is 32.6 Å². The second-order valence-corrected chi connectivity index (χ2v) is 5.20. The summed E-state index contributed by atoms with van der Waals surface area (Å²) < 4.78 is 5.65. The zero-order chi connectivity index (χ0) is 16.3. The molecular formula is C19H21N3O. The summed E-state index contributed by atoms with van der Waals surface area (Å²) in [5.41, 5.74) is 1.52. The van der Waals surface area contributed by atoms with Crippen LogP contribution in [0.3, 0.4) is 0 Å². The van der Waals surface area contributed by atoms with Gasteiger partial charge in [-0.3, -0.25) is 0 Å². The summed E-state index contributed by atoms with van der Waals surface area (Å²) >= 11 is 0. The van der Waals surface area contributed by atoms with E-state index in [9.17, 15) is 0 Å². The fourth-order valence-electron chi connectivity index (χ4n) is 2.13. The number of nitrogens with zero attached hydrogens (tertiary/aromatic N) is 3. The Bertz CT molecular complexity index is 655. The van der Waals surface area contributed by atoms with E-state index in [-0.39, 0.29) is 0 Å². The number of nitriles is 1. The number of benzene rings is 1. The highest BCUT2D eigenvalue weighted by Crippen LogP contribution is 2.17. The van der Waals surface area contributed by atoms with Crippen LogP contribution in [0.1, 0.15) is 38.2 Å². The van der Waals surface area contributed by atoms with E-state index in [1.807, 2.05) is 19.1 Å². The van der Waals surface area contributed by atoms with Crippen LogP contribution in [0.5, 0.6) is 5.75 Å². The fourth-order valence-corrected chi connectivity index (χ4v) is 2.13. The first kappa shape index (κ1) is 16.7. The molecule has 0 amide bonds. The van der Waals surface area contributed by atoms with Crippen LogP contribution < -0.4 is 4.74 Å². The lowest BCUT2D eigenvalue weighted by Crippen LogP contribution is -1.99. The van der Waals surface area contributed by atoms with E-state index in [0.717, 1.165) is 24.8 Å². The van der Waals surface area contributed by atoms with Gasteiger partial charge in [0.05, 0.1) is 30.6 Å². The summed E-state index contributed by atoms with van der Waals surface area (Å²) in [7, 11) is 0. The first-order chi connectivity index (χ1) is 11.3. The van der Waals surface area contributed by atoms with Gasteiger partial charge in [-0.25, -0.2) is 9.97 Å². The molecule has 0 fully saturated rings. The Hall–Kier alpha value is -2.67. The summed E-state index contributed by atoms with van der Waals surface area (Å²) in [6, 6.07) is 9.31. The molecule has 2 aromatic rings. The number of allylic oxidation sites excluding steroid dienone is 2. The lowest BCUT2D eigenvalue weighted by Gasteiger charge is -2.06. The van der Waals surface area contributed by atoms with Crippen LogP contribution in [-0.4, -0.2) is 16.6 Å². The van der Waals surface area contributed by atoms with Gasteiger partial charge in [-0.2, -0.15) is 5.26 Å². The lowest BCUT2D eigenvalue weighted by atomic mass is 10.1. The third-order valence-corrected chi connectivity index (χ3v) is 3.42. The molecule has 0 aliphatic rings. The highest BCUT2D eigenvalue weighted by Gasteiger charge is 2.02. The molecule has 1 aromatic heterocycles. The summed E-state index contributed by atoms with van der Waals surface area (Å²) in [5, 5.41) is 8.80. The van der Waals surface area contributed by atoms with Gasteiger partial charge in [0.15, 0.2) is 11.6 Å². The predicted octanol–water partition coefficient (Wildman–Crippen LogP) is 4.53. The van der Waals surface area contributed by atoms with E-state index in [1.54, 1.807) is 24.5 Å². The maximum atomic E-state index is 8.80. The van der Waals surface area contributed by atoms with E-state index in [4.69, 9.17) is 10.00 Å². The van der Waals surface area contributed by atoms with Gasteiger partial charge < -0.3 is 4.74 Å². The summed E-state index contributed by atoms with van der Waals surface area (Å²) in [6.07, 6.45) is 12.2. The molecule has 2 rings (SSSR count). The van der Waals surface area contributed by atoms with Crippen molar-refractivity contribution in [2.75, 3.05) is 6.61 Å². The fraction of sp³-hybridized carbons (Fsp3) is 0.316. The Morgan fingerprint density at radius 2 is 1.83 bits per heavy atom. The van der Waals surface area contributed by atoms with Gasteiger partial charge in [0.2, 0.25) is 0 Å². The van der Waals surface area contributed by atoms with E-state index >= 15 is 0 Å². The van der Waals surface area contributed by atoms with Crippen LogP contribution in [0.4, 0.5) is 0 Å². The van der Waals surface area contributed by atoms with Crippen molar-refractivity contribution >= 4 is 0 Å². The van der Waals surface area contributed by atoms with Crippen molar-refractivity contribution in [3.63, 3.8) is 0 Å². The minimum Gasteiger partial charge on any atom is -0.490 e. The number of aromatic nitrogens is 2. The summed E-state index contributed by atoms with van der Waals surface area (Å²) in [5.74, 6) is 1.32. The topological polar surface area (TPSA) is 58.8 Å². The number of ether oxygens (including phenoxy) is 1. The Kier molecular flexibility index (Phi) is 6.80. The molecule has 0 saturated heterocycles. The highest BCUT2D eigenvalue weighted by atomic mass is 16.5. The van der Waals surface area contributed by atoms with E-state index in [0.29, 0.717) is 23.7 Å². The molecule has 23 heavy (non-hydrogen) atoms. The number of rotatable bonds is 8. The van der Waals surface area contributed by atoms with Crippen LogP contribution in [0.25, 0.3) is 11.4 Å². The monoisotopic (exact) mass is 307 g/mol. The molecule has 0 aliphatic carbocycles. The van der Waals surface area contributed by atoms with Crippen molar-refractivity contribution in [2.24, 2.45) is 0 Å².